The molecule has 2 amide bonds. The molecule has 2 aromatic heterocycles. The lowest BCUT2D eigenvalue weighted by Crippen LogP contribution is -2.42. The van der Waals surface area contributed by atoms with Crippen LogP contribution in [-0.2, 0) is 34.0 Å². The SMILES string of the molecule is COCCCNC(=O)Cn1c(=O)n(CCCCC(=O)NCc2ccco2)c(=O)c2ccccc21. The Hall–Kier alpha value is -3.66. The molecular weight excluding hydrogens is 440 g/mol. The first-order valence-corrected chi connectivity index (χ1v) is 11.3. The number of nitrogens with one attached hydrogen (secondary N) is 2. The smallest absolute Gasteiger partial charge is 0.331 e. The van der Waals surface area contributed by atoms with Crippen LogP contribution in [0.1, 0.15) is 31.4 Å². The van der Waals surface area contributed by atoms with E-state index in [1.165, 1.54) is 4.57 Å². The number of ether oxygens (including phenoxy) is 1. The van der Waals surface area contributed by atoms with Crippen LogP contribution >= 0.6 is 0 Å². The van der Waals surface area contributed by atoms with Crippen molar-refractivity contribution in [2.75, 3.05) is 20.3 Å². The standard InChI is InChI=1S/C24H30N4O6/c1-33-14-7-12-25-22(30)17-28-20-10-3-2-9-19(20)23(31)27(24(28)32)13-5-4-11-21(29)26-16-18-8-6-15-34-18/h2-3,6,8-10,15H,4-5,7,11-14,16-17H2,1H3,(H,25,30)(H,26,29). The molecule has 0 fully saturated rings. The van der Waals surface area contributed by atoms with Gasteiger partial charge in [-0.15, -0.1) is 0 Å². The molecule has 3 rings (SSSR count). The van der Waals surface area contributed by atoms with Gasteiger partial charge >= 0.3 is 5.69 Å². The van der Waals surface area contributed by atoms with Crippen LogP contribution in [0, 0.1) is 0 Å². The van der Waals surface area contributed by atoms with Crippen LogP contribution in [0.5, 0.6) is 0 Å². The fraction of sp³-hybridized carbons (Fsp3) is 0.417. The number of hydrogen-bond acceptors (Lipinski definition) is 6. The van der Waals surface area contributed by atoms with Gasteiger partial charge in [-0.05, 0) is 43.5 Å². The van der Waals surface area contributed by atoms with E-state index >= 15 is 0 Å². The fourth-order valence-electron chi connectivity index (χ4n) is 3.61. The van der Waals surface area contributed by atoms with Gasteiger partial charge in [0.15, 0.2) is 0 Å². The molecule has 182 valence electrons. The number of fused-ring (bicyclic) bond motifs is 1. The highest BCUT2D eigenvalue weighted by molar-refractivity contribution is 5.81. The normalized spacial score (nSPS) is 11.0. The Kier molecular flexibility index (Phi) is 9.21. The number of para-hydroxylation sites is 1. The van der Waals surface area contributed by atoms with Crippen LogP contribution < -0.4 is 21.9 Å². The van der Waals surface area contributed by atoms with Crippen molar-refractivity contribution in [2.24, 2.45) is 0 Å². The number of benzene rings is 1. The van der Waals surface area contributed by atoms with Gasteiger partial charge in [-0.2, -0.15) is 0 Å². The van der Waals surface area contributed by atoms with E-state index in [0.29, 0.717) is 55.6 Å². The molecule has 34 heavy (non-hydrogen) atoms. The summed E-state index contributed by atoms with van der Waals surface area (Å²) in [6.07, 6.45) is 3.43. The van der Waals surface area contributed by atoms with Crippen LogP contribution in [0.4, 0.5) is 0 Å². The van der Waals surface area contributed by atoms with Gasteiger partial charge in [0.05, 0.1) is 23.7 Å². The molecule has 0 saturated carbocycles. The first-order valence-electron chi connectivity index (χ1n) is 11.3. The van der Waals surface area contributed by atoms with Crippen molar-refractivity contribution in [1.82, 2.24) is 19.8 Å². The summed E-state index contributed by atoms with van der Waals surface area (Å²) in [5, 5.41) is 5.89. The molecule has 10 nitrogen and oxygen atoms in total. The van der Waals surface area contributed by atoms with Crippen LogP contribution in [0.3, 0.4) is 0 Å². The molecule has 2 heterocycles. The zero-order valence-electron chi connectivity index (χ0n) is 19.2. The molecule has 1 aromatic carbocycles. The number of carbonyl (C=O) groups is 2. The van der Waals surface area contributed by atoms with Crippen molar-refractivity contribution in [3.63, 3.8) is 0 Å². The van der Waals surface area contributed by atoms with E-state index in [-0.39, 0.29) is 31.3 Å². The van der Waals surface area contributed by atoms with Crippen molar-refractivity contribution >= 4 is 22.7 Å². The van der Waals surface area contributed by atoms with E-state index < -0.39 is 11.2 Å². The van der Waals surface area contributed by atoms with E-state index in [4.69, 9.17) is 9.15 Å². The molecule has 3 aromatic rings. The molecular formula is C24H30N4O6. The average molecular weight is 471 g/mol. The second-order valence-corrected chi connectivity index (χ2v) is 7.85. The monoisotopic (exact) mass is 470 g/mol. The molecule has 2 N–H and O–H groups in total. The molecule has 0 saturated heterocycles. The zero-order chi connectivity index (χ0) is 24.3. The third-order valence-electron chi connectivity index (χ3n) is 5.36. The summed E-state index contributed by atoms with van der Waals surface area (Å²) in [6, 6.07) is 10.3. The summed E-state index contributed by atoms with van der Waals surface area (Å²) >= 11 is 0. The minimum Gasteiger partial charge on any atom is -0.467 e. The van der Waals surface area contributed by atoms with Crippen molar-refractivity contribution < 1.29 is 18.7 Å². The van der Waals surface area contributed by atoms with Crippen molar-refractivity contribution in [3.8, 4) is 0 Å². The third kappa shape index (κ3) is 6.67. The van der Waals surface area contributed by atoms with E-state index in [1.54, 1.807) is 49.8 Å². The lowest BCUT2D eigenvalue weighted by atomic mass is 10.2. The number of unbranched alkanes of at least 4 members (excludes halogenated alkanes) is 1. The van der Waals surface area contributed by atoms with Crippen molar-refractivity contribution in [2.45, 2.75) is 45.3 Å². The summed E-state index contributed by atoms with van der Waals surface area (Å²) < 4.78 is 12.6. The van der Waals surface area contributed by atoms with Gasteiger partial charge in [0.25, 0.3) is 5.56 Å². The van der Waals surface area contributed by atoms with Gasteiger partial charge in [0, 0.05) is 33.2 Å². The highest BCUT2D eigenvalue weighted by atomic mass is 16.5. The Morgan fingerprint density at radius 3 is 2.56 bits per heavy atom. The summed E-state index contributed by atoms with van der Waals surface area (Å²) in [5.74, 6) is 0.214. The summed E-state index contributed by atoms with van der Waals surface area (Å²) in [7, 11) is 1.59. The van der Waals surface area contributed by atoms with Gasteiger partial charge in [0.2, 0.25) is 11.8 Å². The average Bonchev–Trinajstić information content (AvgIpc) is 3.36. The summed E-state index contributed by atoms with van der Waals surface area (Å²) in [6.45, 7) is 1.23. The Balaban J connectivity index is 1.65. The molecule has 0 radical (unpaired) electrons. The quantitative estimate of drug-likeness (QED) is 0.364. The number of rotatable bonds is 13. The molecule has 0 atom stereocenters. The number of carbonyl (C=O) groups excluding carboxylic acids is 2. The van der Waals surface area contributed by atoms with Gasteiger partial charge in [0.1, 0.15) is 12.3 Å². The number of amides is 2. The van der Waals surface area contributed by atoms with E-state index in [2.05, 4.69) is 10.6 Å². The Morgan fingerprint density at radius 2 is 1.79 bits per heavy atom. The summed E-state index contributed by atoms with van der Waals surface area (Å²) in [5.41, 5.74) is -0.532. The first-order chi connectivity index (χ1) is 16.5. The van der Waals surface area contributed by atoms with Crippen LogP contribution in [-0.4, -0.2) is 41.2 Å². The Bertz CT molecular complexity index is 1210. The highest BCUT2D eigenvalue weighted by Gasteiger charge is 2.15. The van der Waals surface area contributed by atoms with Gasteiger partial charge in [-0.25, -0.2) is 4.79 Å². The molecule has 0 bridgehead atoms. The largest absolute Gasteiger partial charge is 0.467 e. The Morgan fingerprint density at radius 1 is 0.971 bits per heavy atom. The molecule has 0 aliphatic carbocycles. The third-order valence-corrected chi connectivity index (χ3v) is 5.36. The van der Waals surface area contributed by atoms with Gasteiger partial charge < -0.3 is 19.8 Å². The minimum absolute atomic E-state index is 0.134. The zero-order valence-corrected chi connectivity index (χ0v) is 19.2. The summed E-state index contributed by atoms with van der Waals surface area (Å²) in [4.78, 5) is 50.5. The highest BCUT2D eigenvalue weighted by Crippen LogP contribution is 2.08. The second-order valence-electron chi connectivity index (χ2n) is 7.85. The predicted octanol–water partition coefficient (Wildman–Crippen LogP) is 1.40. The first kappa shape index (κ1) is 25.0. The lowest BCUT2D eigenvalue weighted by Gasteiger charge is -2.14. The van der Waals surface area contributed by atoms with Crippen LogP contribution in [0.15, 0.2) is 56.7 Å². The fourth-order valence-corrected chi connectivity index (χ4v) is 3.61. The maximum atomic E-state index is 13.1. The molecule has 0 aliphatic heterocycles. The topological polar surface area (TPSA) is 125 Å². The molecule has 0 aliphatic rings. The number of aromatic nitrogens is 2. The minimum atomic E-state index is -0.544. The van der Waals surface area contributed by atoms with Crippen LogP contribution in [0.2, 0.25) is 0 Å². The van der Waals surface area contributed by atoms with E-state index in [1.807, 2.05) is 0 Å². The molecule has 0 unspecified atom stereocenters. The van der Waals surface area contributed by atoms with Crippen molar-refractivity contribution in [1.29, 1.82) is 0 Å². The second kappa shape index (κ2) is 12.5. The maximum absolute atomic E-state index is 13.1. The number of furan rings is 1. The molecule has 0 spiro atoms. The van der Waals surface area contributed by atoms with Crippen LogP contribution in [0.25, 0.3) is 10.9 Å². The maximum Gasteiger partial charge on any atom is 0.331 e. The predicted molar refractivity (Wildman–Crippen MR) is 126 cm³/mol. The Labute approximate surface area is 196 Å². The lowest BCUT2D eigenvalue weighted by molar-refractivity contribution is -0.122. The van der Waals surface area contributed by atoms with Crippen molar-refractivity contribution in [3.05, 3.63) is 69.3 Å². The van der Waals surface area contributed by atoms with Gasteiger partial charge in [-0.3, -0.25) is 23.5 Å². The molecule has 10 heteroatoms. The van der Waals surface area contributed by atoms with E-state index in [0.717, 1.165) is 4.57 Å². The number of methoxy groups -OCH3 is 1. The van der Waals surface area contributed by atoms with Gasteiger partial charge in [-0.1, -0.05) is 12.1 Å². The number of hydrogen-bond donors (Lipinski definition) is 2. The van der Waals surface area contributed by atoms with E-state index in [9.17, 15) is 19.2 Å². The number of nitrogens with zero attached hydrogens (tertiary/aromatic N) is 2.